The summed E-state index contributed by atoms with van der Waals surface area (Å²) in [5, 5.41) is 17.2. The van der Waals surface area contributed by atoms with Crippen molar-refractivity contribution in [2.75, 3.05) is 0 Å². The summed E-state index contributed by atoms with van der Waals surface area (Å²) in [7, 11) is 0. The quantitative estimate of drug-likeness (QED) is 0.758. The summed E-state index contributed by atoms with van der Waals surface area (Å²) in [4.78, 5) is 13.3. The van der Waals surface area contributed by atoms with E-state index in [9.17, 15) is 18.0 Å². The van der Waals surface area contributed by atoms with Crippen LogP contribution in [0.5, 0.6) is 5.75 Å². The fraction of sp³-hybridized carbons (Fsp3) is 0.250. The largest absolute Gasteiger partial charge is 0.503 e. The lowest BCUT2D eigenvalue weighted by molar-refractivity contribution is -0.136. The molecule has 0 spiro atoms. The third-order valence-electron chi connectivity index (χ3n) is 1.60. The fourth-order valence-electron chi connectivity index (χ4n) is 0.990. The molecular weight excluding hydrogens is 215 g/mol. The van der Waals surface area contributed by atoms with Gasteiger partial charge in [-0.25, -0.2) is 13.8 Å². The van der Waals surface area contributed by atoms with E-state index < -0.39 is 36.1 Å². The molecule has 0 saturated carbocycles. The van der Waals surface area contributed by atoms with Crippen molar-refractivity contribution in [1.82, 2.24) is 4.98 Å². The zero-order chi connectivity index (χ0) is 11.6. The van der Waals surface area contributed by atoms with Crippen LogP contribution >= 0.6 is 0 Å². The topological polar surface area (TPSA) is 70.4 Å². The molecule has 1 aromatic rings. The van der Waals surface area contributed by atoms with Crippen molar-refractivity contribution < 1.29 is 28.2 Å². The van der Waals surface area contributed by atoms with Gasteiger partial charge in [0.1, 0.15) is 0 Å². The van der Waals surface area contributed by atoms with E-state index >= 15 is 0 Å². The van der Waals surface area contributed by atoms with Gasteiger partial charge in [0, 0.05) is 0 Å². The molecule has 0 unspecified atom stereocenters. The smallest absolute Gasteiger partial charge is 0.309 e. The molecule has 0 bridgehead atoms. The lowest BCUT2D eigenvalue weighted by Crippen LogP contribution is -2.05. The third kappa shape index (κ3) is 2.58. The van der Waals surface area contributed by atoms with Crippen molar-refractivity contribution in [1.29, 1.82) is 0 Å². The Morgan fingerprint density at radius 2 is 2.13 bits per heavy atom. The highest BCUT2D eigenvalue weighted by atomic mass is 19.3. The molecule has 7 heteroatoms. The Kier molecular flexibility index (Phi) is 3.13. The molecule has 82 valence electrons. The van der Waals surface area contributed by atoms with Crippen LogP contribution in [0.4, 0.5) is 13.2 Å². The van der Waals surface area contributed by atoms with Crippen LogP contribution in [0.25, 0.3) is 0 Å². The summed E-state index contributed by atoms with van der Waals surface area (Å²) in [6.07, 6.45) is -3.77. The number of carbonyl (C=O) groups is 1. The Morgan fingerprint density at radius 1 is 1.53 bits per heavy atom. The molecule has 0 aliphatic rings. The summed E-state index contributed by atoms with van der Waals surface area (Å²) >= 11 is 0. The van der Waals surface area contributed by atoms with Gasteiger partial charge in [0.15, 0.2) is 5.75 Å². The Hall–Kier alpha value is -1.79. The van der Waals surface area contributed by atoms with E-state index in [1.165, 1.54) is 0 Å². The normalized spacial score (nSPS) is 10.7. The van der Waals surface area contributed by atoms with E-state index in [-0.39, 0.29) is 5.69 Å². The van der Waals surface area contributed by atoms with Crippen molar-refractivity contribution in [2.45, 2.75) is 12.8 Å². The highest BCUT2D eigenvalue weighted by Crippen LogP contribution is 2.30. The van der Waals surface area contributed by atoms with Gasteiger partial charge in [-0.05, 0) is 6.07 Å². The SMILES string of the molecule is O=C(O)Cc1cc(C(F)F)c(O)c(F)n1. The van der Waals surface area contributed by atoms with Crippen LogP contribution in [0.2, 0.25) is 0 Å². The number of alkyl halides is 2. The van der Waals surface area contributed by atoms with Crippen molar-refractivity contribution in [3.05, 3.63) is 23.3 Å². The van der Waals surface area contributed by atoms with Crippen LogP contribution in [0.15, 0.2) is 6.07 Å². The Morgan fingerprint density at radius 3 is 2.60 bits per heavy atom. The molecule has 0 radical (unpaired) electrons. The number of hydrogen-bond acceptors (Lipinski definition) is 3. The number of carboxylic acids is 1. The van der Waals surface area contributed by atoms with Crippen LogP contribution in [0.1, 0.15) is 17.7 Å². The van der Waals surface area contributed by atoms with E-state index in [1.54, 1.807) is 0 Å². The molecule has 4 nitrogen and oxygen atoms in total. The highest BCUT2D eigenvalue weighted by molar-refractivity contribution is 5.69. The van der Waals surface area contributed by atoms with Crippen LogP contribution < -0.4 is 0 Å². The van der Waals surface area contributed by atoms with Crippen molar-refractivity contribution in [3.63, 3.8) is 0 Å². The molecule has 0 saturated heterocycles. The average molecular weight is 221 g/mol. The maximum Gasteiger partial charge on any atom is 0.309 e. The second-order valence-corrected chi connectivity index (χ2v) is 2.71. The molecule has 0 atom stereocenters. The fourth-order valence-corrected chi connectivity index (χ4v) is 0.990. The van der Waals surface area contributed by atoms with Crippen molar-refractivity contribution >= 4 is 5.97 Å². The molecular formula is C8H6F3NO3. The lowest BCUT2D eigenvalue weighted by atomic mass is 10.2. The molecule has 0 fully saturated rings. The Bertz CT molecular complexity index is 395. The van der Waals surface area contributed by atoms with E-state index in [2.05, 4.69) is 4.98 Å². The molecule has 2 N–H and O–H groups in total. The molecule has 0 aliphatic heterocycles. The summed E-state index contributed by atoms with van der Waals surface area (Å²) in [5.41, 5.74) is -1.33. The van der Waals surface area contributed by atoms with E-state index in [0.717, 1.165) is 0 Å². The Balaban J connectivity index is 3.17. The molecule has 0 amide bonds. The summed E-state index contributed by atoms with van der Waals surface area (Å²) in [6.45, 7) is 0. The van der Waals surface area contributed by atoms with Crippen LogP contribution in [0, 0.1) is 5.95 Å². The molecule has 1 heterocycles. The van der Waals surface area contributed by atoms with Gasteiger partial charge in [0.2, 0.25) is 0 Å². The number of hydrogen-bond donors (Lipinski definition) is 2. The summed E-state index contributed by atoms with van der Waals surface area (Å²) in [6, 6.07) is 0.664. The second-order valence-electron chi connectivity index (χ2n) is 2.71. The number of rotatable bonds is 3. The zero-order valence-electron chi connectivity index (χ0n) is 7.25. The first-order valence-corrected chi connectivity index (χ1v) is 3.80. The maximum atomic E-state index is 12.8. The summed E-state index contributed by atoms with van der Waals surface area (Å²) in [5.74, 6) is -4.07. The van der Waals surface area contributed by atoms with Gasteiger partial charge in [-0.3, -0.25) is 4.79 Å². The lowest BCUT2D eigenvalue weighted by Gasteiger charge is -2.05. The predicted octanol–water partition coefficient (Wildman–Crippen LogP) is 1.49. The first kappa shape index (κ1) is 11.3. The number of nitrogens with zero attached hydrogens (tertiary/aromatic N) is 1. The third-order valence-corrected chi connectivity index (χ3v) is 1.60. The number of aromatic nitrogens is 1. The monoisotopic (exact) mass is 221 g/mol. The van der Waals surface area contributed by atoms with Crippen LogP contribution in [-0.2, 0) is 11.2 Å². The minimum atomic E-state index is -3.09. The minimum absolute atomic E-state index is 0.367. The van der Waals surface area contributed by atoms with Gasteiger partial charge in [-0.15, -0.1) is 0 Å². The number of aliphatic carboxylic acids is 1. The maximum absolute atomic E-state index is 12.8. The summed E-state index contributed by atoms with van der Waals surface area (Å²) < 4.78 is 37.2. The van der Waals surface area contributed by atoms with Crippen LogP contribution in [-0.4, -0.2) is 21.2 Å². The molecule has 0 aliphatic carbocycles. The average Bonchev–Trinajstić information content (AvgIpc) is 2.09. The molecule has 1 rings (SSSR count). The van der Waals surface area contributed by atoms with Crippen molar-refractivity contribution in [3.8, 4) is 5.75 Å². The van der Waals surface area contributed by atoms with Gasteiger partial charge >= 0.3 is 5.97 Å². The number of pyridine rings is 1. The molecule has 0 aromatic carbocycles. The van der Waals surface area contributed by atoms with Gasteiger partial charge in [-0.1, -0.05) is 0 Å². The van der Waals surface area contributed by atoms with Gasteiger partial charge in [-0.2, -0.15) is 4.39 Å². The highest BCUT2D eigenvalue weighted by Gasteiger charge is 2.19. The number of aromatic hydroxyl groups is 1. The van der Waals surface area contributed by atoms with Gasteiger partial charge < -0.3 is 10.2 Å². The first-order valence-electron chi connectivity index (χ1n) is 3.80. The zero-order valence-corrected chi connectivity index (χ0v) is 7.25. The van der Waals surface area contributed by atoms with Crippen molar-refractivity contribution in [2.24, 2.45) is 0 Å². The molecule has 15 heavy (non-hydrogen) atoms. The first-order chi connectivity index (χ1) is 6.91. The van der Waals surface area contributed by atoms with Crippen LogP contribution in [0.3, 0.4) is 0 Å². The standard InChI is InChI=1S/C8H6F3NO3/c9-7(10)4-1-3(2-5(13)14)12-8(11)6(4)15/h1,7,15H,2H2,(H,13,14). The van der Waals surface area contributed by atoms with E-state index in [0.29, 0.717) is 6.07 Å². The van der Waals surface area contributed by atoms with E-state index in [1.807, 2.05) is 0 Å². The van der Waals surface area contributed by atoms with Gasteiger partial charge in [0.05, 0.1) is 17.7 Å². The molecule has 1 aromatic heterocycles. The number of carboxylic acid groups (broad SMARTS) is 1. The second kappa shape index (κ2) is 4.16. The van der Waals surface area contributed by atoms with E-state index in [4.69, 9.17) is 10.2 Å². The Labute approximate surface area is 82.0 Å². The minimum Gasteiger partial charge on any atom is -0.503 e. The predicted molar refractivity (Wildman–Crippen MR) is 42.2 cm³/mol. The van der Waals surface area contributed by atoms with Gasteiger partial charge in [0.25, 0.3) is 12.4 Å². The number of halogens is 3.